The smallest absolute Gasteiger partial charge is 0.282 e. The van der Waals surface area contributed by atoms with Crippen LogP contribution < -0.4 is 10.7 Å². The van der Waals surface area contributed by atoms with Gasteiger partial charge in [0, 0.05) is 44.9 Å². The maximum Gasteiger partial charge on any atom is 0.282 e. The zero-order valence-electron chi connectivity index (χ0n) is 29.1. The molecule has 4 heterocycles. The van der Waals surface area contributed by atoms with Gasteiger partial charge in [0.2, 0.25) is 10.0 Å². The molecule has 0 aliphatic carbocycles. The van der Waals surface area contributed by atoms with Crippen LogP contribution in [-0.2, 0) is 27.9 Å². The van der Waals surface area contributed by atoms with Gasteiger partial charge in [-0.15, -0.1) is 23.5 Å². The largest absolute Gasteiger partial charge is 0.289 e. The first-order valence-electron chi connectivity index (χ1n) is 16.9. The van der Waals surface area contributed by atoms with Crippen LogP contribution in [0.15, 0.2) is 123 Å². The first kappa shape index (κ1) is 38.4. The fraction of sp³-hybridized carbons (Fsp3) is 0.0769. The van der Waals surface area contributed by atoms with Gasteiger partial charge in [0.25, 0.3) is 5.56 Å². The molecule has 0 atom stereocenters. The number of fused-ring (bicyclic) bond motifs is 2. The lowest BCUT2D eigenvalue weighted by atomic mass is 10.1. The lowest BCUT2D eigenvalue weighted by Gasteiger charge is -2.13. The predicted octanol–water partition coefficient (Wildman–Crippen LogP) is 8.43. The number of H-pyrrole nitrogens is 1. The molecule has 0 saturated heterocycles. The van der Waals surface area contributed by atoms with Gasteiger partial charge in [-0.1, -0.05) is 60.1 Å². The Hall–Kier alpha value is -5.46. The van der Waals surface area contributed by atoms with Crippen LogP contribution in [-0.4, -0.2) is 37.6 Å². The van der Waals surface area contributed by atoms with Gasteiger partial charge in [0.05, 0.1) is 39.6 Å². The summed E-state index contributed by atoms with van der Waals surface area (Å²) in [4.78, 5) is 24.2. The van der Waals surface area contributed by atoms with Crippen molar-refractivity contribution in [3.8, 4) is 22.5 Å². The van der Waals surface area contributed by atoms with E-state index < -0.39 is 38.9 Å². The Balaban J connectivity index is 1.32. The van der Waals surface area contributed by atoms with E-state index in [1.165, 1.54) is 51.5 Å². The zero-order chi connectivity index (χ0) is 40.0. The summed E-state index contributed by atoms with van der Waals surface area (Å²) in [6, 6.07) is 24.5. The summed E-state index contributed by atoms with van der Waals surface area (Å²) in [5, 5.41) is 12.8. The van der Waals surface area contributed by atoms with Gasteiger partial charge in [-0.05, 0) is 48.0 Å². The average molecular weight is 848 g/mol. The molecule has 18 heteroatoms. The lowest BCUT2D eigenvalue weighted by molar-refractivity contribution is 0.491. The molecule has 8 rings (SSSR count). The molecule has 0 amide bonds. The van der Waals surface area contributed by atoms with Crippen LogP contribution >= 0.6 is 35.1 Å². The SMILES string of the molecule is NS(=O)(=O)c1ccc(-c2cc3nc(CSc4cccc(F)c4F)c(-c4cc(CSc5cccc(F)c5F)nc5c(Cc6ccccc6)cnn45)c(=O)n3[nH]2)cc1Cl. The first-order valence-corrected chi connectivity index (χ1v) is 20.8. The van der Waals surface area contributed by atoms with E-state index in [1.54, 1.807) is 18.3 Å². The third kappa shape index (κ3) is 7.68. The number of rotatable bonds is 11. The van der Waals surface area contributed by atoms with Gasteiger partial charge in [-0.3, -0.25) is 9.89 Å². The van der Waals surface area contributed by atoms with Crippen LogP contribution in [0.3, 0.4) is 0 Å². The van der Waals surface area contributed by atoms with E-state index in [9.17, 15) is 30.8 Å². The summed E-state index contributed by atoms with van der Waals surface area (Å²) < 4.78 is 84.7. The third-order valence-electron chi connectivity index (χ3n) is 8.90. The van der Waals surface area contributed by atoms with Crippen molar-refractivity contribution in [2.45, 2.75) is 32.6 Å². The van der Waals surface area contributed by atoms with Crippen molar-refractivity contribution in [2.75, 3.05) is 0 Å². The highest BCUT2D eigenvalue weighted by molar-refractivity contribution is 7.98. The van der Waals surface area contributed by atoms with Gasteiger partial charge in [0.15, 0.2) is 34.6 Å². The number of thioether (sulfide) groups is 2. The molecule has 0 aliphatic rings. The van der Waals surface area contributed by atoms with Crippen molar-refractivity contribution < 1.29 is 26.0 Å². The highest BCUT2D eigenvalue weighted by Crippen LogP contribution is 2.34. The van der Waals surface area contributed by atoms with E-state index in [0.29, 0.717) is 34.6 Å². The van der Waals surface area contributed by atoms with Crippen LogP contribution in [0.5, 0.6) is 0 Å². The number of nitrogens with one attached hydrogen (secondary N) is 1. The van der Waals surface area contributed by atoms with Crippen molar-refractivity contribution in [3.63, 3.8) is 0 Å². The summed E-state index contributed by atoms with van der Waals surface area (Å²) in [6.07, 6.45) is 2.06. The van der Waals surface area contributed by atoms with E-state index in [0.717, 1.165) is 41.2 Å². The minimum absolute atomic E-state index is 0.0133. The molecule has 57 heavy (non-hydrogen) atoms. The van der Waals surface area contributed by atoms with Crippen LogP contribution in [0.4, 0.5) is 17.6 Å². The maximum atomic E-state index is 14.9. The Labute approximate surface area is 334 Å². The standard InChI is InChI=1S/C39H26ClF4N7O3S3/c40-25-15-22(12-13-33(25)57(45,53)54)28-17-34-48-29(20-56-32-11-5-9-27(42)37(32)44)35(39(52)51(34)49-28)30-16-24(19-55-31-10-4-8-26(41)36(31)43)47-38-23(18-46-50(30)38)14-21-6-2-1-3-7-21/h1-13,15-18,49H,14,19-20H2,(H2,45,53,54). The fourth-order valence-corrected chi connectivity index (χ4v) is 9.06. The van der Waals surface area contributed by atoms with Crippen molar-refractivity contribution in [1.82, 2.24) is 29.2 Å². The minimum Gasteiger partial charge on any atom is -0.289 e. The summed E-state index contributed by atoms with van der Waals surface area (Å²) in [5.41, 5.74) is 3.23. The molecule has 0 bridgehead atoms. The number of aromatic amines is 1. The molecular formula is C39H26ClF4N7O3S3. The van der Waals surface area contributed by atoms with Crippen molar-refractivity contribution in [1.29, 1.82) is 0 Å². The molecule has 4 aromatic carbocycles. The molecule has 0 radical (unpaired) electrons. The first-order chi connectivity index (χ1) is 27.4. The van der Waals surface area contributed by atoms with Crippen LogP contribution in [0, 0.1) is 23.3 Å². The van der Waals surface area contributed by atoms with Gasteiger partial charge < -0.3 is 0 Å². The normalized spacial score (nSPS) is 11.9. The van der Waals surface area contributed by atoms with Crippen LogP contribution in [0.1, 0.15) is 22.5 Å². The molecule has 10 nitrogen and oxygen atoms in total. The Morgan fingerprint density at radius 2 is 1.49 bits per heavy atom. The van der Waals surface area contributed by atoms with Crippen molar-refractivity contribution >= 4 is 56.4 Å². The summed E-state index contributed by atoms with van der Waals surface area (Å²) in [6.45, 7) is 0. The van der Waals surface area contributed by atoms with Crippen molar-refractivity contribution in [3.05, 3.63) is 164 Å². The number of hydrogen-bond acceptors (Lipinski definition) is 8. The number of primary sulfonamides is 1. The molecule has 4 aromatic heterocycles. The number of aromatic nitrogens is 6. The monoisotopic (exact) mass is 847 g/mol. The van der Waals surface area contributed by atoms with Gasteiger partial charge in [-0.2, -0.15) is 5.10 Å². The summed E-state index contributed by atoms with van der Waals surface area (Å²) >= 11 is 8.22. The topological polar surface area (TPSA) is 141 Å². The second-order valence-corrected chi connectivity index (χ2v) is 16.6. The second kappa shape index (κ2) is 15.5. The Morgan fingerprint density at radius 3 is 2.16 bits per heavy atom. The number of sulfonamides is 1. The Morgan fingerprint density at radius 1 is 0.807 bits per heavy atom. The minimum atomic E-state index is -4.11. The molecule has 0 aliphatic heterocycles. The van der Waals surface area contributed by atoms with E-state index in [4.69, 9.17) is 26.7 Å². The fourth-order valence-electron chi connectivity index (χ4n) is 6.22. The summed E-state index contributed by atoms with van der Waals surface area (Å²) in [7, 11) is -4.11. The van der Waals surface area contributed by atoms with Crippen LogP contribution in [0.25, 0.3) is 33.8 Å². The van der Waals surface area contributed by atoms with Gasteiger partial charge in [0.1, 0.15) is 4.90 Å². The molecule has 0 saturated carbocycles. The quantitative estimate of drug-likeness (QED) is 0.0977. The number of hydrogen-bond donors (Lipinski definition) is 2. The Bertz CT molecular complexity index is 3030. The highest BCUT2D eigenvalue weighted by Gasteiger charge is 2.24. The molecule has 288 valence electrons. The van der Waals surface area contributed by atoms with Crippen LogP contribution in [0.2, 0.25) is 5.02 Å². The zero-order valence-corrected chi connectivity index (χ0v) is 32.3. The molecule has 3 N–H and O–H groups in total. The van der Waals surface area contributed by atoms with E-state index >= 15 is 0 Å². The number of benzene rings is 4. The second-order valence-electron chi connectivity index (χ2n) is 12.7. The molecule has 8 aromatic rings. The van der Waals surface area contributed by atoms with Gasteiger partial charge >= 0.3 is 0 Å². The molecule has 0 spiro atoms. The lowest BCUT2D eigenvalue weighted by Crippen LogP contribution is -2.21. The predicted molar refractivity (Wildman–Crippen MR) is 211 cm³/mol. The van der Waals surface area contributed by atoms with E-state index in [1.807, 2.05) is 30.3 Å². The van der Waals surface area contributed by atoms with E-state index in [-0.39, 0.29) is 53.8 Å². The Kier molecular flexibility index (Phi) is 10.4. The number of halogens is 5. The average Bonchev–Trinajstić information content (AvgIpc) is 3.80. The van der Waals surface area contributed by atoms with E-state index in [2.05, 4.69) is 10.2 Å². The van der Waals surface area contributed by atoms with Gasteiger partial charge in [-0.25, -0.2) is 50.1 Å². The maximum absolute atomic E-state index is 14.9. The van der Waals surface area contributed by atoms with Crippen molar-refractivity contribution in [2.24, 2.45) is 5.14 Å². The summed E-state index contributed by atoms with van der Waals surface area (Å²) in [5.74, 6) is -4.13. The molecule has 0 unspecified atom stereocenters. The molecule has 0 fully saturated rings. The number of nitrogens with zero attached hydrogens (tertiary/aromatic N) is 5. The third-order valence-corrected chi connectivity index (χ3v) is 12.4. The number of nitrogens with two attached hydrogens (primary N) is 1. The highest BCUT2D eigenvalue weighted by atomic mass is 35.5. The molecular weight excluding hydrogens is 822 g/mol.